The van der Waals surface area contributed by atoms with Crippen LogP contribution in [0.25, 0.3) is 0 Å². The number of rotatable bonds is 3. The molecule has 1 rings (SSSR count). The first-order valence-electron chi connectivity index (χ1n) is 4.06. The van der Waals surface area contributed by atoms with Gasteiger partial charge in [-0.25, -0.2) is 9.79 Å². The first kappa shape index (κ1) is 8.22. The summed E-state index contributed by atoms with van der Waals surface area (Å²) < 4.78 is 0. The first-order chi connectivity index (χ1) is 5.34. The predicted octanol–water partition coefficient (Wildman–Crippen LogP) is 2.07. The lowest BCUT2D eigenvalue weighted by atomic mass is 9.99. The molecule has 0 radical (unpaired) electrons. The van der Waals surface area contributed by atoms with Crippen LogP contribution in [0.5, 0.6) is 0 Å². The summed E-state index contributed by atoms with van der Waals surface area (Å²) in [6.07, 6.45) is 6.60. The number of nitrogens with zero attached hydrogens (tertiary/aromatic N) is 1. The van der Waals surface area contributed by atoms with E-state index in [4.69, 9.17) is 0 Å². The van der Waals surface area contributed by atoms with Gasteiger partial charge >= 0.3 is 0 Å². The summed E-state index contributed by atoms with van der Waals surface area (Å²) in [5.74, 6) is 0.618. The predicted molar refractivity (Wildman–Crippen MR) is 44.1 cm³/mol. The van der Waals surface area contributed by atoms with Crippen molar-refractivity contribution in [2.75, 3.05) is 6.54 Å². The minimum atomic E-state index is 0.480. The van der Waals surface area contributed by atoms with Crippen LogP contribution in [0.4, 0.5) is 0 Å². The highest BCUT2D eigenvalue weighted by Gasteiger charge is 2.16. The van der Waals surface area contributed by atoms with Gasteiger partial charge in [-0.05, 0) is 18.8 Å². The van der Waals surface area contributed by atoms with E-state index in [0.29, 0.717) is 12.5 Å². The molecule has 0 aromatic heterocycles. The van der Waals surface area contributed by atoms with E-state index in [1.165, 1.54) is 31.8 Å². The van der Waals surface area contributed by atoms with Gasteiger partial charge < -0.3 is 0 Å². The van der Waals surface area contributed by atoms with Gasteiger partial charge in [0.2, 0.25) is 6.08 Å². The average Bonchev–Trinajstić information content (AvgIpc) is 2.52. The highest BCUT2D eigenvalue weighted by atomic mass is 16.1. The smallest absolute Gasteiger partial charge is 0.211 e. The molecule has 1 fully saturated rings. The lowest BCUT2D eigenvalue weighted by Gasteiger charge is -2.08. The molecule has 1 aliphatic rings. The summed E-state index contributed by atoms with van der Waals surface area (Å²) in [7, 11) is 0. The summed E-state index contributed by atoms with van der Waals surface area (Å²) >= 11 is 0. The summed E-state index contributed by atoms with van der Waals surface area (Å²) in [5, 5.41) is 0. The minimum Gasteiger partial charge on any atom is -0.211 e. The van der Waals surface area contributed by atoms with Crippen LogP contribution in [-0.2, 0) is 4.79 Å². The van der Waals surface area contributed by atoms with Crippen molar-refractivity contribution in [2.45, 2.75) is 25.7 Å². The van der Waals surface area contributed by atoms with E-state index in [2.05, 4.69) is 11.6 Å². The fraction of sp³-hybridized carbons (Fsp3) is 0.667. The molecule has 11 heavy (non-hydrogen) atoms. The highest BCUT2D eigenvalue weighted by Crippen LogP contribution is 2.29. The third kappa shape index (κ3) is 2.32. The molecule has 0 aromatic rings. The highest BCUT2D eigenvalue weighted by molar-refractivity contribution is 5.33. The van der Waals surface area contributed by atoms with Crippen LogP contribution in [0.1, 0.15) is 25.7 Å². The number of isocyanates is 1. The second-order valence-electron chi connectivity index (χ2n) is 3.05. The lowest BCUT2D eigenvalue weighted by molar-refractivity contribution is 0.562. The van der Waals surface area contributed by atoms with E-state index in [-0.39, 0.29) is 0 Å². The van der Waals surface area contributed by atoms with Crippen molar-refractivity contribution in [3.8, 4) is 0 Å². The van der Waals surface area contributed by atoms with Crippen molar-refractivity contribution in [1.82, 2.24) is 0 Å². The molecule has 0 N–H and O–H groups in total. The maximum atomic E-state index is 9.79. The van der Waals surface area contributed by atoms with Gasteiger partial charge in [-0.15, -0.1) is 0 Å². The van der Waals surface area contributed by atoms with E-state index in [1.807, 2.05) is 0 Å². The van der Waals surface area contributed by atoms with Crippen molar-refractivity contribution >= 4 is 6.08 Å². The standard InChI is InChI=1S/C9H13NO/c1-8(6-10-7-11)9-4-2-3-5-9/h9H,1-6H2. The zero-order valence-electron chi connectivity index (χ0n) is 6.68. The zero-order chi connectivity index (χ0) is 8.10. The van der Waals surface area contributed by atoms with Crippen molar-refractivity contribution in [2.24, 2.45) is 10.9 Å². The third-order valence-corrected chi connectivity index (χ3v) is 2.28. The minimum absolute atomic E-state index is 0.480. The Morgan fingerprint density at radius 1 is 1.55 bits per heavy atom. The normalized spacial score (nSPS) is 17.8. The Kier molecular flexibility index (Phi) is 3.06. The summed E-state index contributed by atoms with van der Waals surface area (Å²) in [6.45, 7) is 4.38. The quantitative estimate of drug-likeness (QED) is 0.345. The average molecular weight is 151 g/mol. The van der Waals surface area contributed by atoms with Gasteiger partial charge in [-0.1, -0.05) is 25.0 Å². The maximum absolute atomic E-state index is 9.79. The van der Waals surface area contributed by atoms with Gasteiger partial charge in [-0.3, -0.25) is 0 Å². The van der Waals surface area contributed by atoms with E-state index < -0.39 is 0 Å². The van der Waals surface area contributed by atoms with Gasteiger partial charge in [0.25, 0.3) is 0 Å². The largest absolute Gasteiger partial charge is 0.235 e. The fourth-order valence-electron chi connectivity index (χ4n) is 1.60. The molecule has 1 aliphatic carbocycles. The van der Waals surface area contributed by atoms with Crippen LogP contribution in [0.3, 0.4) is 0 Å². The molecule has 60 valence electrons. The van der Waals surface area contributed by atoms with E-state index in [0.717, 1.165) is 5.57 Å². The molecule has 0 saturated heterocycles. The van der Waals surface area contributed by atoms with Crippen LogP contribution < -0.4 is 0 Å². The monoisotopic (exact) mass is 151 g/mol. The molecule has 0 atom stereocenters. The van der Waals surface area contributed by atoms with Crippen LogP contribution in [0.2, 0.25) is 0 Å². The van der Waals surface area contributed by atoms with Gasteiger partial charge in [-0.2, -0.15) is 0 Å². The Morgan fingerprint density at radius 2 is 2.18 bits per heavy atom. The summed E-state index contributed by atoms with van der Waals surface area (Å²) in [5.41, 5.74) is 1.10. The Morgan fingerprint density at radius 3 is 2.73 bits per heavy atom. The Balaban J connectivity index is 2.34. The second kappa shape index (κ2) is 4.09. The van der Waals surface area contributed by atoms with Crippen LogP contribution in [0, 0.1) is 5.92 Å². The summed E-state index contributed by atoms with van der Waals surface area (Å²) in [6, 6.07) is 0. The molecule has 0 unspecified atom stereocenters. The molecule has 0 spiro atoms. The fourth-order valence-corrected chi connectivity index (χ4v) is 1.60. The van der Waals surface area contributed by atoms with Crippen molar-refractivity contribution < 1.29 is 4.79 Å². The van der Waals surface area contributed by atoms with Gasteiger partial charge in [0, 0.05) is 0 Å². The van der Waals surface area contributed by atoms with E-state index in [9.17, 15) is 4.79 Å². The molecule has 0 heterocycles. The SMILES string of the molecule is C=C(CN=C=O)C1CCCC1. The molecule has 2 nitrogen and oxygen atoms in total. The van der Waals surface area contributed by atoms with Gasteiger partial charge in [0.1, 0.15) is 0 Å². The van der Waals surface area contributed by atoms with Gasteiger partial charge in [0.05, 0.1) is 6.54 Å². The van der Waals surface area contributed by atoms with Crippen LogP contribution >= 0.6 is 0 Å². The summed E-state index contributed by atoms with van der Waals surface area (Å²) in [4.78, 5) is 13.3. The topological polar surface area (TPSA) is 29.4 Å². The number of hydrogen-bond acceptors (Lipinski definition) is 2. The molecule has 2 heteroatoms. The molecule has 0 aromatic carbocycles. The molecule has 1 saturated carbocycles. The van der Waals surface area contributed by atoms with Crippen molar-refractivity contribution in [3.63, 3.8) is 0 Å². The van der Waals surface area contributed by atoms with Crippen molar-refractivity contribution in [3.05, 3.63) is 12.2 Å². The lowest BCUT2D eigenvalue weighted by Crippen LogP contribution is -1.99. The zero-order valence-corrected chi connectivity index (χ0v) is 6.68. The Labute approximate surface area is 67.0 Å². The first-order valence-corrected chi connectivity index (χ1v) is 4.06. The second-order valence-corrected chi connectivity index (χ2v) is 3.05. The third-order valence-electron chi connectivity index (χ3n) is 2.28. The van der Waals surface area contributed by atoms with Gasteiger partial charge in [0.15, 0.2) is 0 Å². The van der Waals surface area contributed by atoms with E-state index >= 15 is 0 Å². The Hall–Kier alpha value is -0.880. The number of aliphatic imine (C=N–C) groups is 1. The molecular formula is C9H13NO. The molecule has 0 amide bonds. The molecule has 0 bridgehead atoms. The Bertz CT molecular complexity index is 186. The van der Waals surface area contributed by atoms with Crippen LogP contribution in [0.15, 0.2) is 17.1 Å². The van der Waals surface area contributed by atoms with Crippen LogP contribution in [-0.4, -0.2) is 12.6 Å². The maximum Gasteiger partial charge on any atom is 0.235 e. The molecule has 0 aliphatic heterocycles. The molecular weight excluding hydrogens is 138 g/mol. The number of carbonyl (C=O) groups excluding carboxylic acids is 1. The number of hydrogen-bond donors (Lipinski definition) is 0. The van der Waals surface area contributed by atoms with E-state index in [1.54, 1.807) is 0 Å². The van der Waals surface area contributed by atoms with Crippen molar-refractivity contribution in [1.29, 1.82) is 0 Å².